The summed E-state index contributed by atoms with van der Waals surface area (Å²) in [5.74, 6) is 1.78. The zero-order chi connectivity index (χ0) is 16.2. The van der Waals surface area contributed by atoms with Gasteiger partial charge < -0.3 is 10.2 Å². The van der Waals surface area contributed by atoms with Crippen LogP contribution in [0.5, 0.6) is 0 Å². The zero-order valence-electron chi connectivity index (χ0n) is 15.1. The Bertz CT molecular complexity index is 446. The van der Waals surface area contributed by atoms with E-state index >= 15 is 0 Å². The predicted octanol–water partition coefficient (Wildman–Crippen LogP) is 4.15. The average Bonchev–Trinajstić information content (AvgIpc) is 2.33. The Kier molecular flexibility index (Phi) is 6.21. The van der Waals surface area contributed by atoms with Gasteiger partial charge in [0.25, 0.3) is 0 Å². The fourth-order valence-electron chi connectivity index (χ4n) is 2.44. The van der Waals surface area contributed by atoms with E-state index in [-0.39, 0.29) is 5.54 Å². The molecular weight excluding hydrogens is 258 g/mol. The maximum absolute atomic E-state index is 4.70. The SMILES string of the molecule is Cc1cc(CNC(C)(C)C)cc(N(C)C(C)CC(C)C)n1. The lowest BCUT2D eigenvalue weighted by Gasteiger charge is -2.28. The van der Waals surface area contributed by atoms with Crippen LogP contribution in [0.1, 0.15) is 59.2 Å². The van der Waals surface area contributed by atoms with E-state index in [0.717, 1.165) is 18.1 Å². The number of nitrogens with zero attached hydrogens (tertiary/aromatic N) is 2. The van der Waals surface area contributed by atoms with E-state index in [4.69, 9.17) is 4.98 Å². The van der Waals surface area contributed by atoms with E-state index in [1.165, 1.54) is 12.0 Å². The first kappa shape index (κ1) is 18.0. The van der Waals surface area contributed by atoms with Crippen LogP contribution in [0, 0.1) is 12.8 Å². The van der Waals surface area contributed by atoms with Crippen molar-refractivity contribution in [3.05, 3.63) is 23.4 Å². The summed E-state index contributed by atoms with van der Waals surface area (Å²) in [4.78, 5) is 7.00. The van der Waals surface area contributed by atoms with E-state index in [2.05, 4.69) is 77.9 Å². The van der Waals surface area contributed by atoms with Gasteiger partial charge in [-0.2, -0.15) is 0 Å². The predicted molar refractivity (Wildman–Crippen MR) is 92.9 cm³/mol. The lowest BCUT2D eigenvalue weighted by Crippen LogP contribution is -2.35. The van der Waals surface area contributed by atoms with Crippen molar-refractivity contribution in [1.82, 2.24) is 10.3 Å². The molecule has 1 atom stereocenters. The smallest absolute Gasteiger partial charge is 0.129 e. The molecule has 0 saturated heterocycles. The summed E-state index contributed by atoms with van der Waals surface area (Å²) in [6, 6.07) is 4.88. The number of anilines is 1. The van der Waals surface area contributed by atoms with Crippen molar-refractivity contribution in [2.45, 2.75) is 73.0 Å². The minimum atomic E-state index is 0.133. The monoisotopic (exact) mass is 291 g/mol. The molecule has 21 heavy (non-hydrogen) atoms. The summed E-state index contributed by atoms with van der Waals surface area (Å²) >= 11 is 0. The van der Waals surface area contributed by atoms with E-state index in [9.17, 15) is 0 Å². The normalized spacial score (nSPS) is 13.6. The highest BCUT2D eigenvalue weighted by atomic mass is 15.2. The van der Waals surface area contributed by atoms with Crippen molar-refractivity contribution in [3.63, 3.8) is 0 Å². The van der Waals surface area contributed by atoms with E-state index in [1.54, 1.807) is 0 Å². The highest BCUT2D eigenvalue weighted by Crippen LogP contribution is 2.19. The second-order valence-electron chi connectivity index (χ2n) is 7.67. The highest BCUT2D eigenvalue weighted by molar-refractivity contribution is 5.42. The Morgan fingerprint density at radius 2 is 1.81 bits per heavy atom. The fraction of sp³-hybridized carbons (Fsp3) is 0.722. The molecule has 1 unspecified atom stereocenters. The summed E-state index contributed by atoms with van der Waals surface area (Å²) in [7, 11) is 2.15. The number of rotatable bonds is 6. The number of nitrogens with one attached hydrogen (secondary N) is 1. The molecular formula is C18H33N3. The van der Waals surface area contributed by atoms with Gasteiger partial charge in [0.2, 0.25) is 0 Å². The first-order valence-electron chi connectivity index (χ1n) is 8.04. The summed E-state index contributed by atoms with van der Waals surface area (Å²) in [6.07, 6.45) is 1.18. The second-order valence-corrected chi connectivity index (χ2v) is 7.67. The Balaban J connectivity index is 2.85. The summed E-state index contributed by atoms with van der Waals surface area (Å²) < 4.78 is 0. The van der Waals surface area contributed by atoms with Crippen LogP contribution in [0.15, 0.2) is 12.1 Å². The average molecular weight is 291 g/mol. The molecule has 1 heterocycles. The molecule has 0 aliphatic heterocycles. The molecule has 0 spiro atoms. The minimum Gasteiger partial charge on any atom is -0.357 e. The van der Waals surface area contributed by atoms with Gasteiger partial charge in [-0.3, -0.25) is 0 Å². The van der Waals surface area contributed by atoms with Gasteiger partial charge in [-0.25, -0.2) is 4.98 Å². The number of hydrogen-bond acceptors (Lipinski definition) is 3. The second kappa shape index (κ2) is 7.26. The minimum absolute atomic E-state index is 0.133. The Hall–Kier alpha value is -1.09. The Morgan fingerprint density at radius 1 is 1.19 bits per heavy atom. The molecule has 1 N–H and O–H groups in total. The van der Waals surface area contributed by atoms with Crippen LogP contribution in [-0.4, -0.2) is 23.6 Å². The molecule has 120 valence electrons. The summed E-state index contributed by atoms with van der Waals surface area (Å²) in [5, 5.41) is 3.55. The summed E-state index contributed by atoms with van der Waals surface area (Å²) in [6.45, 7) is 16.4. The molecule has 0 fully saturated rings. The fourth-order valence-corrected chi connectivity index (χ4v) is 2.44. The molecule has 0 radical (unpaired) electrons. The molecule has 0 amide bonds. The molecule has 1 rings (SSSR count). The maximum Gasteiger partial charge on any atom is 0.129 e. The molecule has 0 aliphatic carbocycles. The first-order chi connectivity index (χ1) is 9.58. The number of pyridine rings is 1. The van der Waals surface area contributed by atoms with Crippen molar-refractivity contribution in [3.8, 4) is 0 Å². The molecule has 0 aromatic carbocycles. The topological polar surface area (TPSA) is 28.2 Å². The van der Waals surface area contributed by atoms with Gasteiger partial charge in [-0.05, 0) is 64.7 Å². The van der Waals surface area contributed by atoms with Gasteiger partial charge in [0.1, 0.15) is 5.82 Å². The van der Waals surface area contributed by atoms with Crippen LogP contribution < -0.4 is 10.2 Å². The third-order valence-electron chi connectivity index (χ3n) is 3.66. The van der Waals surface area contributed by atoms with Crippen molar-refractivity contribution < 1.29 is 0 Å². The van der Waals surface area contributed by atoms with Crippen molar-refractivity contribution in [1.29, 1.82) is 0 Å². The van der Waals surface area contributed by atoms with E-state index in [0.29, 0.717) is 12.0 Å². The molecule has 1 aromatic rings. The third kappa shape index (κ3) is 6.47. The Morgan fingerprint density at radius 3 is 2.33 bits per heavy atom. The largest absolute Gasteiger partial charge is 0.357 e. The lowest BCUT2D eigenvalue weighted by atomic mass is 10.0. The first-order valence-corrected chi connectivity index (χ1v) is 8.04. The van der Waals surface area contributed by atoms with Crippen LogP contribution in [0.4, 0.5) is 5.82 Å². The van der Waals surface area contributed by atoms with E-state index < -0.39 is 0 Å². The lowest BCUT2D eigenvalue weighted by molar-refractivity contribution is 0.424. The molecule has 0 saturated carbocycles. The van der Waals surface area contributed by atoms with Crippen molar-refractivity contribution in [2.75, 3.05) is 11.9 Å². The van der Waals surface area contributed by atoms with Gasteiger partial charge in [-0.15, -0.1) is 0 Å². The van der Waals surface area contributed by atoms with Crippen molar-refractivity contribution >= 4 is 5.82 Å². The Labute approximate surface area is 131 Å². The van der Waals surface area contributed by atoms with Gasteiger partial charge in [0.05, 0.1) is 0 Å². The van der Waals surface area contributed by atoms with Crippen LogP contribution in [0.2, 0.25) is 0 Å². The third-order valence-corrected chi connectivity index (χ3v) is 3.66. The van der Waals surface area contributed by atoms with Crippen LogP contribution in [-0.2, 0) is 6.54 Å². The quantitative estimate of drug-likeness (QED) is 0.853. The van der Waals surface area contributed by atoms with Gasteiger partial charge >= 0.3 is 0 Å². The van der Waals surface area contributed by atoms with Gasteiger partial charge in [0.15, 0.2) is 0 Å². The zero-order valence-corrected chi connectivity index (χ0v) is 15.1. The molecule has 0 bridgehead atoms. The van der Waals surface area contributed by atoms with Gasteiger partial charge in [0, 0.05) is 30.9 Å². The molecule has 3 nitrogen and oxygen atoms in total. The van der Waals surface area contributed by atoms with Crippen LogP contribution in [0.25, 0.3) is 0 Å². The number of hydrogen-bond donors (Lipinski definition) is 1. The van der Waals surface area contributed by atoms with Crippen LogP contribution in [0.3, 0.4) is 0 Å². The molecule has 3 heteroatoms. The molecule has 1 aromatic heterocycles. The number of aromatic nitrogens is 1. The highest BCUT2D eigenvalue weighted by Gasteiger charge is 2.15. The maximum atomic E-state index is 4.70. The van der Waals surface area contributed by atoms with Crippen LogP contribution >= 0.6 is 0 Å². The van der Waals surface area contributed by atoms with Crippen molar-refractivity contribution in [2.24, 2.45) is 5.92 Å². The standard InChI is InChI=1S/C18H33N3/c1-13(2)9-15(4)21(8)17-11-16(10-14(3)20-17)12-19-18(5,6)7/h10-11,13,15,19H,9,12H2,1-8H3. The number of aryl methyl sites for hydroxylation is 1. The van der Waals surface area contributed by atoms with E-state index in [1.807, 2.05) is 0 Å². The summed E-state index contributed by atoms with van der Waals surface area (Å²) in [5.41, 5.74) is 2.52. The van der Waals surface area contributed by atoms with Gasteiger partial charge in [-0.1, -0.05) is 13.8 Å². The molecule has 0 aliphatic rings.